The van der Waals surface area contributed by atoms with Crippen molar-refractivity contribution in [2.75, 3.05) is 5.73 Å². The van der Waals surface area contributed by atoms with Gasteiger partial charge in [0, 0.05) is 19.8 Å². The molecule has 50 valence electrons. The van der Waals surface area contributed by atoms with E-state index in [1.54, 1.807) is 4.57 Å². The van der Waals surface area contributed by atoms with Gasteiger partial charge in [-0.15, -0.1) is 0 Å². The summed E-state index contributed by atoms with van der Waals surface area (Å²) in [4.78, 5) is 3.94. The highest BCUT2D eigenvalue weighted by Gasteiger charge is 1.96. The van der Waals surface area contributed by atoms with Crippen molar-refractivity contribution in [1.82, 2.24) is 9.55 Å². The zero-order chi connectivity index (χ0) is 6.85. The summed E-state index contributed by atoms with van der Waals surface area (Å²) < 4.78 is 1.74. The molecule has 1 aromatic heterocycles. The van der Waals surface area contributed by atoms with Gasteiger partial charge in [0.05, 0.1) is 5.69 Å². The summed E-state index contributed by atoms with van der Waals surface area (Å²) in [6.07, 6.45) is 1.81. The number of nitrogens with two attached hydrogens (primary N) is 2. The standard InChI is InChI=1S/C5H10N4/c1-9-3-4(2-6)8-5(9)7/h3H,2,6H2,1H3,(H2,7,8). The second kappa shape index (κ2) is 2.06. The number of imidazole rings is 1. The summed E-state index contributed by atoms with van der Waals surface area (Å²) in [6, 6.07) is 0. The number of aryl methyl sites for hydroxylation is 1. The van der Waals surface area contributed by atoms with Crippen LogP contribution < -0.4 is 11.5 Å². The number of anilines is 1. The Hall–Kier alpha value is -1.03. The van der Waals surface area contributed by atoms with Crippen LogP contribution in [0.3, 0.4) is 0 Å². The van der Waals surface area contributed by atoms with Crippen LogP contribution in [0.1, 0.15) is 5.69 Å². The minimum atomic E-state index is 0.449. The van der Waals surface area contributed by atoms with Gasteiger partial charge < -0.3 is 16.0 Å². The lowest BCUT2D eigenvalue weighted by Crippen LogP contribution is -1.96. The Morgan fingerprint density at radius 3 is 2.67 bits per heavy atom. The molecule has 0 spiro atoms. The molecule has 0 aliphatic heterocycles. The molecule has 0 bridgehead atoms. The molecular formula is C5H10N4. The average molecular weight is 126 g/mol. The fourth-order valence-electron chi connectivity index (χ4n) is 0.643. The molecule has 4 nitrogen and oxygen atoms in total. The normalized spacial score (nSPS) is 10.0. The largest absolute Gasteiger partial charge is 0.369 e. The highest BCUT2D eigenvalue weighted by Crippen LogP contribution is 1.99. The minimum absolute atomic E-state index is 0.449. The third kappa shape index (κ3) is 1.02. The molecule has 0 radical (unpaired) electrons. The van der Waals surface area contributed by atoms with Crippen LogP contribution >= 0.6 is 0 Å². The summed E-state index contributed by atoms with van der Waals surface area (Å²) >= 11 is 0. The molecule has 0 atom stereocenters. The molecular weight excluding hydrogens is 116 g/mol. The molecule has 0 aliphatic rings. The van der Waals surface area contributed by atoms with Gasteiger partial charge in [0.2, 0.25) is 0 Å². The third-order valence-electron chi connectivity index (χ3n) is 1.17. The second-order valence-corrected chi connectivity index (χ2v) is 1.91. The summed E-state index contributed by atoms with van der Waals surface area (Å²) in [5, 5.41) is 0. The Kier molecular flexibility index (Phi) is 1.40. The number of hydrogen-bond acceptors (Lipinski definition) is 3. The van der Waals surface area contributed by atoms with Gasteiger partial charge in [0.25, 0.3) is 0 Å². The first-order valence-electron chi connectivity index (χ1n) is 2.72. The Bertz CT molecular complexity index is 183. The van der Waals surface area contributed by atoms with E-state index in [2.05, 4.69) is 4.98 Å². The Morgan fingerprint density at radius 1 is 1.78 bits per heavy atom. The topological polar surface area (TPSA) is 69.9 Å². The van der Waals surface area contributed by atoms with E-state index in [0.29, 0.717) is 12.5 Å². The van der Waals surface area contributed by atoms with Crippen LogP contribution in [0.2, 0.25) is 0 Å². The van der Waals surface area contributed by atoms with E-state index in [1.165, 1.54) is 0 Å². The van der Waals surface area contributed by atoms with E-state index in [9.17, 15) is 0 Å². The second-order valence-electron chi connectivity index (χ2n) is 1.91. The maximum absolute atomic E-state index is 5.41. The summed E-state index contributed by atoms with van der Waals surface area (Å²) in [5.74, 6) is 0.510. The molecule has 0 aromatic carbocycles. The van der Waals surface area contributed by atoms with Gasteiger partial charge in [0.1, 0.15) is 0 Å². The van der Waals surface area contributed by atoms with E-state index in [-0.39, 0.29) is 0 Å². The van der Waals surface area contributed by atoms with Crippen molar-refractivity contribution in [2.45, 2.75) is 6.54 Å². The van der Waals surface area contributed by atoms with Crippen molar-refractivity contribution in [2.24, 2.45) is 12.8 Å². The lowest BCUT2D eigenvalue weighted by Gasteiger charge is -1.87. The minimum Gasteiger partial charge on any atom is -0.369 e. The van der Waals surface area contributed by atoms with Crippen LogP contribution in [-0.2, 0) is 13.6 Å². The van der Waals surface area contributed by atoms with E-state index >= 15 is 0 Å². The Balaban J connectivity index is 2.98. The summed E-state index contributed by atoms with van der Waals surface area (Å²) in [6.45, 7) is 0.449. The molecule has 0 saturated heterocycles. The van der Waals surface area contributed by atoms with Gasteiger partial charge in [0.15, 0.2) is 5.95 Å². The fourth-order valence-corrected chi connectivity index (χ4v) is 0.643. The van der Waals surface area contributed by atoms with Crippen LogP contribution in [0.5, 0.6) is 0 Å². The van der Waals surface area contributed by atoms with Crippen molar-refractivity contribution < 1.29 is 0 Å². The van der Waals surface area contributed by atoms with Crippen LogP contribution in [0.15, 0.2) is 6.20 Å². The zero-order valence-corrected chi connectivity index (χ0v) is 5.33. The highest BCUT2D eigenvalue weighted by atomic mass is 15.1. The van der Waals surface area contributed by atoms with Gasteiger partial charge in [-0.1, -0.05) is 0 Å². The van der Waals surface area contributed by atoms with Crippen molar-refractivity contribution in [3.63, 3.8) is 0 Å². The van der Waals surface area contributed by atoms with E-state index < -0.39 is 0 Å². The molecule has 1 aromatic rings. The Morgan fingerprint density at radius 2 is 2.44 bits per heavy atom. The van der Waals surface area contributed by atoms with E-state index in [1.807, 2.05) is 13.2 Å². The molecule has 1 heterocycles. The number of aromatic nitrogens is 2. The first-order chi connectivity index (χ1) is 4.24. The molecule has 0 fully saturated rings. The number of hydrogen-bond donors (Lipinski definition) is 2. The smallest absolute Gasteiger partial charge is 0.200 e. The maximum atomic E-state index is 5.41. The van der Waals surface area contributed by atoms with Crippen molar-refractivity contribution >= 4 is 5.95 Å². The van der Waals surface area contributed by atoms with E-state index in [0.717, 1.165) is 5.69 Å². The van der Waals surface area contributed by atoms with Crippen molar-refractivity contribution in [1.29, 1.82) is 0 Å². The molecule has 1 rings (SSSR count). The third-order valence-corrected chi connectivity index (χ3v) is 1.17. The first-order valence-corrected chi connectivity index (χ1v) is 2.72. The average Bonchev–Trinajstić information content (AvgIpc) is 2.13. The summed E-state index contributed by atoms with van der Waals surface area (Å²) in [7, 11) is 1.83. The zero-order valence-electron chi connectivity index (χ0n) is 5.33. The number of rotatable bonds is 1. The van der Waals surface area contributed by atoms with Gasteiger partial charge in [-0.05, 0) is 0 Å². The van der Waals surface area contributed by atoms with Gasteiger partial charge >= 0.3 is 0 Å². The van der Waals surface area contributed by atoms with E-state index in [4.69, 9.17) is 11.5 Å². The van der Waals surface area contributed by atoms with Gasteiger partial charge in [-0.2, -0.15) is 0 Å². The number of nitrogen functional groups attached to an aromatic ring is 1. The predicted octanol–water partition coefficient (Wildman–Crippen LogP) is -0.539. The molecule has 4 N–H and O–H groups in total. The molecule has 0 saturated carbocycles. The van der Waals surface area contributed by atoms with Crippen molar-refractivity contribution in [3.8, 4) is 0 Å². The predicted molar refractivity (Wildman–Crippen MR) is 35.5 cm³/mol. The molecule has 4 heteroatoms. The molecule has 0 amide bonds. The lowest BCUT2D eigenvalue weighted by molar-refractivity contribution is 0.925. The maximum Gasteiger partial charge on any atom is 0.200 e. The van der Waals surface area contributed by atoms with Crippen molar-refractivity contribution in [3.05, 3.63) is 11.9 Å². The van der Waals surface area contributed by atoms with Crippen LogP contribution in [-0.4, -0.2) is 9.55 Å². The highest BCUT2D eigenvalue weighted by molar-refractivity contribution is 5.20. The lowest BCUT2D eigenvalue weighted by atomic mass is 10.5. The first kappa shape index (κ1) is 6.10. The number of nitrogens with zero attached hydrogens (tertiary/aromatic N) is 2. The molecule has 0 unspecified atom stereocenters. The van der Waals surface area contributed by atoms with Crippen LogP contribution in [0.25, 0.3) is 0 Å². The molecule has 9 heavy (non-hydrogen) atoms. The van der Waals surface area contributed by atoms with Crippen LogP contribution in [0, 0.1) is 0 Å². The summed E-state index contributed by atoms with van der Waals surface area (Å²) in [5.41, 5.74) is 11.5. The SMILES string of the molecule is Cn1cc(CN)nc1N. The molecule has 0 aliphatic carbocycles. The van der Waals surface area contributed by atoms with Gasteiger partial charge in [-0.25, -0.2) is 4.98 Å². The quantitative estimate of drug-likeness (QED) is 0.531. The fraction of sp³-hybridized carbons (Fsp3) is 0.400. The van der Waals surface area contributed by atoms with Gasteiger partial charge in [-0.3, -0.25) is 0 Å². The Labute approximate surface area is 53.5 Å². The monoisotopic (exact) mass is 126 g/mol. The van der Waals surface area contributed by atoms with Crippen LogP contribution in [0.4, 0.5) is 5.95 Å².